The second kappa shape index (κ2) is 5.06. The first-order valence-corrected chi connectivity index (χ1v) is 6.78. The van der Waals surface area contributed by atoms with Crippen LogP contribution in [0.1, 0.15) is 15.6 Å². The third kappa shape index (κ3) is 2.79. The summed E-state index contributed by atoms with van der Waals surface area (Å²) in [4.78, 5) is 5.65. The lowest BCUT2D eigenvalue weighted by molar-refractivity contribution is 0.305. The molecule has 1 heterocycles. The Balaban J connectivity index is 2.12. The number of thiazole rings is 1. The van der Waals surface area contributed by atoms with E-state index in [1.807, 2.05) is 25.1 Å². The van der Waals surface area contributed by atoms with Crippen molar-refractivity contribution in [3.63, 3.8) is 0 Å². The van der Waals surface area contributed by atoms with E-state index in [1.165, 1.54) is 4.88 Å². The first-order chi connectivity index (χ1) is 8.08. The molecule has 1 aromatic carbocycles. The SMILES string of the molecule is Cc1nc(COc2c(N)cccc2Br)sc1C. The molecule has 0 unspecified atom stereocenters. The van der Waals surface area contributed by atoms with Gasteiger partial charge in [-0.1, -0.05) is 6.07 Å². The molecule has 17 heavy (non-hydrogen) atoms. The molecule has 2 rings (SSSR count). The summed E-state index contributed by atoms with van der Waals surface area (Å²) in [6.07, 6.45) is 0. The number of benzene rings is 1. The van der Waals surface area contributed by atoms with Crippen LogP contribution in [0.3, 0.4) is 0 Å². The molecular weight excluding hydrogens is 300 g/mol. The van der Waals surface area contributed by atoms with E-state index in [9.17, 15) is 0 Å². The number of hydrogen-bond acceptors (Lipinski definition) is 4. The number of hydrogen-bond donors (Lipinski definition) is 1. The molecule has 0 aliphatic carbocycles. The van der Waals surface area contributed by atoms with E-state index < -0.39 is 0 Å². The largest absolute Gasteiger partial charge is 0.483 e. The van der Waals surface area contributed by atoms with Crippen molar-refractivity contribution in [3.8, 4) is 5.75 Å². The Labute approximate surface area is 113 Å². The van der Waals surface area contributed by atoms with Crippen molar-refractivity contribution in [1.82, 2.24) is 4.98 Å². The van der Waals surface area contributed by atoms with Gasteiger partial charge in [0.1, 0.15) is 11.6 Å². The molecule has 3 nitrogen and oxygen atoms in total. The zero-order valence-corrected chi connectivity index (χ0v) is 12.1. The Bertz CT molecular complexity index is 500. The van der Waals surface area contributed by atoms with Gasteiger partial charge in [-0.05, 0) is 41.9 Å². The van der Waals surface area contributed by atoms with Gasteiger partial charge < -0.3 is 10.5 Å². The highest BCUT2D eigenvalue weighted by Crippen LogP contribution is 2.32. The molecule has 0 aliphatic heterocycles. The van der Waals surface area contributed by atoms with Crippen LogP contribution in [0, 0.1) is 13.8 Å². The summed E-state index contributed by atoms with van der Waals surface area (Å²) < 4.78 is 6.56. The standard InChI is InChI=1S/C12H13BrN2OS/c1-7-8(2)17-11(15-7)6-16-12-9(13)4-3-5-10(12)14/h3-5H,6,14H2,1-2H3. The third-order valence-electron chi connectivity index (χ3n) is 2.41. The Hall–Kier alpha value is -1.07. The lowest BCUT2D eigenvalue weighted by Crippen LogP contribution is -1.99. The van der Waals surface area contributed by atoms with Crippen molar-refractivity contribution in [3.05, 3.63) is 38.3 Å². The molecule has 0 atom stereocenters. The number of rotatable bonds is 3. The maximum atomic E-state index is 5.85. The highest BCUT2D eigenvalue weighted by Gasteiger charge is 2.08. The maximum Gasteiger partial charge on any atom is 0.156 e. The first kappa shape index (κ1) is 12.4. The number of para-hydroxylation sites is 1. The van der Waals surface area contributed by atoms with Gasteiger partial charge in [-0.25, -0.2) is 4.98 Å². The van der Waals surface area contributed by atoms with Crippen molar-refractivity contribution in [2.45, 2.75) is 20.5 Å². The Morgan fingerprint density at radius 2 is 2.18 bits per heavy atom. The lowest BCUT2D eigenvalue weighted by Gasteiger charge is -2.08. The number of aryl methyl sites for hydroxylation is 2. The monoisotopic (exact) mass is 312 g/mol. The minimum absolute atomic E-state index is 0.451. The Morgan fingerprint density at radius 3 is 2.76 bits per heavy atom. The molecule has 0 bridgehead atoms. The topological polar surface area (TPSA) is 48.1 Å². The highest BCUT2D eigenvalue weighted by molar-refractivity contribution is 9.10. The van der Waals surface area contributed by atoms with Crippen molar-refractivity contribution in [2.24, 2.45) is 0 Å². The van der Waals surface area contributed by atoms with Crippen LogP contribution >= 0.6 is 27.3 Å². The van der Waals surface area contributed by atoms with Crippen LogP contribution in [-0.2, 0) is 6.61 Å². The van der Waals surface area contributed by atoms with Crippen molar-refractivity contribution in [1.29, 1.82) is 0 Å². The summed E-state index contributed by atoms with van der Waals surface area (Å²) in [7, 11) is 0. The van der Waals surface area contributed by atoms with Crippen LogP contribution in [0.5, 0.6) is 5.75 Å². The van der Waals surface area contributed by atoms with E-state index in [0.29, 0.717) is 18.0 Å². The van der Waals surface area contributed by atoms with Crippen molar-refractivity contribution in [2.75, 3.05) is 5.73 Å². The molecule has 0 saturated heterocycles. The average Bonchev–Trinajstić information content (AvgIpc) is 2.58. The molecule has 2 aromatic rings. The molecule has 0 amide bonds. The van der Waals surface area contributed by atoms with Gasteiger partial charge in [0.15, 0.2) is 5.75 Å². The molecule has 0 fully saturated rings. The van der Waals surface area contributed by atoms with Gasteiger partial charge >= 0.3 is 0 Å². The quantitative estimate of drug-likeness (QED) is 0.879. The fourth-order valence-corrected chi connectivity index (χ4v) is 2.76. The zero-order valence-electron chi connectivity index (χ0n) is 9.66. The van der Waals surface area contributed by atoms with Crippen molar-refractivity contribution >= 4 is 33.0 Å². The van der Waals surface area contributed by atoms with E-state index in [2.05, 4.69) is 27.8 Å². The third-order valence-corrected chi connectivity index (χ3v) is 4.08. The number of ether oxygens (including phenoxy) is 1. The summed E-state index contributed by atoms with van der Waals surface area (Å²) in [6.45, 7) is 4.51. The number of halogens is 1. The van der Waals surface area contributed by atoms with Gasteiger partial charge in [0.25, 0.3) is 0 Å². The highest BCUT2D eigenvalue weighted by atomic mass is 79.9. The summed E-state index contributed by atoms with van der Waals surface area (Å²) in [5.74, 6) is 0.679. The lowest BCUT2D eigenvalue weighted by atomic mass is 10.3. The zero-order chi connectivity index (χ0) is 12.4. The van der Waals surface area contributed by atoms with Crippen molar-refractivity contribution < 1.29 is 4.74 Å². The molecular formula is C12H13BrN2OS. The molecule has 90 valence electrons. The van der Waals surface area contributed by atoms with E-state index in [0.717, 1.165) is 15.2 Å². The molecule has 2 N–H and O–H groups in total. The second-order valence-electron chi connectivity index (χ2n) is 3.70. The van der Waals surface area contributed by atoms with Crippen LogP contribution in [0.25, 0.3) is 0 Å². The van der Waals surface area contributed by atoms with Crippen LogP contribution in [0.15, 0.2) is 22.7 Å². The number of aromatic nitrogens is 1. The van der Waals surface area contributed by atoms with Crippen LogP contribution in [0.4, 0.5) is 5.69 Å². The molecule has 0 aliphatic rings. The second-order valence-corrected chi connectivity index (χ2v) is 5.84. The fourth-order valence-electron chi connectivity index (χ4n) is 1.41. The Kier molecular flexibility index (Phi) is 3.69. The smallest absolute Gasteiger partial charge is 0.156 e. The Morgan fingerprint density at radius 1 is 1.41 bits per heavy atom. The van der Waals surface area contributed by atoms with Gasteiger partial charge in [0.05, 0.1) is 15.9 Å². The first-order valence-electron chi connectivity index (χ1n) is 5.17. The minimum Gasteiger partial charge on any atom is -0.483 e. The molecule has 1 aromatic heterocycles. The summed E-state index contributed by atoms with van der Waals surface area (Å²) in [6, 6.07) is 5.60. The van der Waals surface area contributed by atoms with Crippen LogP contribution in [0.2, 0.25) is 0 Å². The molecule has 5 heteroatoms. The van der Waals surface area contributed by atoms with E-state index >= 15 is 0 Å². The molecule has 0 radical (unpaired) electrons. The van der Waals surface area contributed by atoms with Crippen LogP contribution < -0.4 is 10.5 Å². The number of nitrogens with zero attached hydrogens (tertiary/aromatic N) is 1. The normalized spacial score (nSPS) is 10.5. The van der Waals surface area contributed by atoms with E-state index in [1.54, 1.807) is 11.3 Å². The minimum atomic E-state index is 0.451. The van der Waals surface area contributed by atoms with E-state index in [-0.39, 0.29) is 0 Å². The van der Waals surface area contributed by atoms with Crippen LogP contribution in [-0.4, -0.2) is 4.98 Å². The van der Waals surface area contributed by atoms with Gasteiger partial charge in [-0.3, -0.25) is 0 Å². The fraction of sp³-hybridized carbons (Fsp3) is 0.250. The molecule has 0 saturated carbocycles. The van der Waals surface area contributed by atoms with Gasteiger partial charge in [0, 0.05) is 4.88 Å². The summed E-state index contributed by atoms with van der Waals surface area (Å²) in [5, 5.41) is 0.968. The number of nitrogen functional groups attached to an aromatic ring is 1. The predicted molar refractivity (Wildman–Crippen MR) is 74.5 cm³/mol. The average molecular weight is 313 g/mol. The molecule has 0 spiro atoms. The van der Waals surface area contributed by atoms with Gasteiger partial charge in [0.2, 0.25) is 0 Å². The van der Waals surface area contributed by atoms with Gasteiger partial charge in [-0.15, -0.1) is 11.3 Å². The maximum absolute atomic E-state index is 5.85. The number of anilines is 1. The predicted octanol–water partition coefficient (Wildman–Crippen LogP) is 3.68. The summed E-state index contributed by atoms with van der Waals surface area (Å²) >= 11 is 5.07. The number of nitrogens with two attached hydrogens (primary N) is 1. The summed E-state index contributed by atoms with van der Waals surface area (Å²) in [5.41, 5.74) is 7.54. The van der Waals surface area contributed by atoms with E-state index in [4.69, 9.17) is 10.5 Å². The van der Waals surface area contributed by atoms with Gasteiger partial charge in [-0.2, -0.15) is 0 Å².